The SMILES string of the molecule is O=C1CC(=O)c2ccccc2-c2ccccc21. The van der Waals surface area contributed by atoms with E-state index in [-0.39, 0.29) is 18.0 Å². The zero-order valence-electron chi connectivity index (χ0n) is 9.14. The molecule has 17 heavy (non-hydrogen) atoms. The average Bonchev–Trinajstić information content (AvgIpc) is 2.48. The molecule has 0 saturated heterocycles. The fraction of sp³-hybridized carbons (Fsp3) is 0.0667. The van der Waals surface area contributed by atoms with Crippen LogP contribution in [0, 0.1) is 0 Å². The van der Waals surface area contributed by atoms with Crippen LogP contribution in [0.2, 0.25) is 0 Å². The molecule has 0 heterocycles. The van der Waals surface area contributed by atoms with Crippen LogP contribution in [0.4, 0.5) is 0 Å². The van der Waals surface area contributed by atoms with Crippen molar-refractivity contribution < 1.29 is 9.59 Å². The third-order valence-corrected chi connectivity index (χ3v) is 3.07. The van der Waals surface area contributed by atoms with Gasteiger partial charge >= 0.3 is 0 Å². The summed E-state index contributed by atoms with van der Waals surface area (Å²) in [7, 11) is 0. The topological polar surface area (TPSA) is 34.1 Å². The summed E-state index contributed by atoms with van der Waals surface area (Å²) in [4.78, 5) is 23.9. The second-order valence-electron chi connectivity index (χ2n) is 4.11. The molecule has 0 aromatic heterocycles. The summed E-state index contributed by atoms with van der Waals surface area (Å²) in [5, 5.41) is 0. The van der Waals surface area contributed by atoms with Crippen LogP contribution in [0.1, 0.15) is 27.1 Å². The smallest absolute Gasteiger partial charge is 0.171 e. The van der Waals surface area contributed by atoms with Crippen molar-refractivity contribution in [1.82, 2.24) is 0 Å². The standard InChI is InChI=1S/C15H10O2/c16-14-9-15(17)13-8-4-2-6-11(13)10-5-1-3-7-12(10)14/h1-8H,9H2. The number of fused-ring (bicyclic) bond motifs is 3. The van der Waals surface area contributed by atoms with E-state index >= 15 is 0 Å². The van der Waals surface area contributed by atoms with Gasteiger partial charge in [0.05, 0.1) is 6.42 Å². The molecule has 0 atom stereocenters. The first-order valence-corrected chi connectivity index (χ1v) is 5.52. The molecule has 0 saturated carbocycles. The Labute approximate surface area is 98.9 Å². The maximum Gasteiger partial charge on any atom is 0.171 e. The van der Waals surface area contributed by atoms with Crippen molar-refractivity contribution in [1.29, 1.82) is 0 Å². The van der Waals surface area contributed by atoms with E-state index in [1.165, 1.54) is 0 Å². The van der Waals surface area contributed by atoms with Crippen molar-refractivity contribution in [2.45, 2.75) is 6.42 Å². The summed E-state index contributed by atoms with van der Waals surface area (Å²) in [5.74, 6) is -0.191. The number of hydrogen-bond acceptors (Lipinski definition) is 2. The Kier molecular flexibility index (Phi) is 2.15. The van der Waals surface area contributed by atoms with Crippen LogP contribution in [0.15, 0.2) is 48.5 Å². The predicted molar refractivity (Wildman–Crippen MR) is 65.2 cm³/mol. The quantitative estimate of drug-likeness (QED) is 0.642. The number of hydrogen-bond donors (Lipinski definition) is 0. The maximum atomic E-state index is 12.0. The van der Waals surface area contributed by atoms with Crippen LogP contribution in [-0.2, 0) is 0 Å². The molecule has 1 aliphatic rings. The Hall–Kier alpha value is -2.22. The molecular formula is C15H10O2. The Morgan fingerprint density at radius 2 is 0.941 bits per heavy atom. The minimum Gasteiger partial charge on any atom is -0.294 e. The first kappa shape index (κ1) is 9.97. The molecule has 0 amide bonds. The molecule has 2 nitrogen and oxygen atoms in total. The molecule has 82 valence electrons. The third-order valence-electron chi connectivity index (χ3n) is 3.07. The minimum absolute atomic E-state index is 0.0337. The monoisotopic (exact) mass is 222 g/mol. The first-order chi connectivity index (χ1) is 8.27. The molecule has 0 unspecified atom stereocenters. The third kappa shape index (κ3) is 1.49. The van der Waals surface area contributed by atoms with E-state index in [9.17, 15) is 9.59 Å². The van der Waals surface area contributed by atoms with Gasteiger partial charge < -0.3 is 0 Å². The lowest BCUT2D eigenvalue weighted by molar-refractivity contribution is 0.0897. The van der Waals surface area contributed by atoms with Gasteiger partial charge in [-0.25, -0.2) is 0 Å². The summed E-state index contributed by atoms with van der Waals surface area (Å²) in [6, 6.07) is 14.8. The molecular weight excluding hydrogens is 212 g/mol. The molecule has 0 radical (unpaired) electrons. The van der Waals surface area contributed by atoms with E-state index in [1.54, 1.807) is 12.1 Å². The number of carbonyl (C=O) groups is 2. The van der Waals surface area contributed by atoms with Gasteiger partial charge in [0.15, 0.2) is 11.6 Å². The molecule has 0 aliphatic heterocycles. The van der Waals surface area contributed by atoms with E-state index in [4.69, 9.17) is 0 Å². The van der Waals surface area contributed by atoms with Gasteiger partial charge in [0, 0.05) is 11.1 Å². The van der Waals surface area contributed by atoms with Gasteiger partial charge in [0.2, 0.25) is 0 Å². The lowest BCUT2D eigenvalue weighted by Gasteiger charge is -2.06. The average molecular weight is 222 g/mol. The fourth-order valence-electron chi connectivity index (χ4n) is 2.26. The van der Waals surface area contributed by atoms with Gasteiger partial charge in [-0.05, 0) is 11.1 Å². The van der Waals surface area contributed by atoms with Gasteiger partial charge in [-0.1, -0.05) is 48.5 Å². The number of ketones is 2. The Bertz CT molecular complexity index is 571. The lowest BCUT2D eigenvalue weighted by Crippen LogP contribution is -2.05. The summed E-state index contributed by atoms with van der Waals surface area (Å²) < 4.78 is 0. The van der Waals surface area contributed by atoms with Crippen LogP contribution >= 0.6 is 0 Å². The van der Waals surface area contributed by atoms with Crippen LogP contribution in [0.25, 0.3) is 11.1 Å². The molecule has 2 heteroatoms. The van der Waals surface area contributed by atoms with Crippen molar-refractivity contribution in [2.75, 3.05) is 0 Å². The fourth-order valence-corrected chi connectivity index (χ4v) is 2.26. The number of Topliss-reactive ketones (excluding diaryl/α,β-unsaturated/α-hetero) is 2. The zero-order valence-corrected chi connectivity index (χ0v) is 9.14. The van der Waals surface area contributed by atoms with Crippen molar-refractivity contribution >= 4 is 11.6 Å². The summed E-state index contributed by atoms with van der Waals surface area (Å²) >= 11 is 0. The highest BCUT2D eigenvalue weighted by Crippen LogP contribution is 2.31. The maximum absolute atomic E-state index is 12.0. The van der Waals surface area contributed by atoms with Gasteiger partial charge in [-0.3, -0.25) is 9.59 Å². The highest BCUT2D eigenvalue weighted by Gasteiger charge is 2.24. The minimum atomic E-state index is -0.0956. The predicted octanol–water partition coefficient (Wildman–Crippen LogP) is 3.12. The second-order valence-corrected chi connectivity index (χ2v) is 4.11. The highest BCUT2D eigenvalue weighted by atomic mass is 16.1. The molecule has 2 aromatic rings. The van der Waals surface area contributed by atoms with E-state index in [2.05, 4.69) is 0 Å². The van der Waals surface area contributed by atoms with Crippen LogP contribution in [-0.4, -0.2) is 11.6 Å². The van der Waals surface area contributed by atoms with Gasteiger partial charge in [0.1, 0.15) is 0 Å². The molecule has 2 aromatic carbocycles. The molecule has 0 spiro atoms. The van der Waals surface area contributed by atoms with E-state index in [0.717, 1.165) is 11.1 Å². The molecule has 1 aliphatic carbocycles. The Balaban J connectivity index is 2.38. The van der Waals surface area contributed by atoms with Gasteiger partial charge in [-0.2, -0.15) is 0 Å². The molecule has 3 rings (SSSR count). The molecule has 0 N–H and O–H groups in total. The largest absolute Gasteiger partial charge is 0.294 e. The second kappa shape index (κ2) is 3.67. The van der Waals surface area contributed by atoms with Crippen molar-refractivity contribution in [2.24, 2.45) is 0 Å². The zero-order chi connectivity index (χ0) is 11.8. The summed E-state index contributed by atoms with van der Waals surface area (Å²) in [6.45, 7) is 0. The normalized spacial score (nSPS) is 13.9. The molecule has 0 bridgehead atoms. The Morgan fingerprint density at radius 1 is 0.588 bits per heavy atom. The van der Waals surface area contributed by atoms with E-state index in [0.29, 0.717) is 11.1 Å². The number of rotatable bonds is 0. The highest BCUT2D eigenvalue weighted by molar-refractivity contribution is 6.20. The van der Waals surface area contributed by atoms with Crippen molar-refractivity contribution in [3.8, 4) is 11.1 Å². The van der Waals surface area contributed by atoms with Gasteiger partial charge in [-0.15, -0.1) is 0 Å². The Morgan fingerprint density at radius 3 is 1.35 bits per heavy atom. The van der Waals surface area contributed by atoms with Crippen LogP contribution in [0.5, 0.6) is 0 Å². The van der Waals surface area contributed by atoms with Gasteiger partial charge in [0.25, 0.3) is 0 Å². The van der Waals surface area contributed by atoms with E-state index in [1.807, 2.05) is 36.4 Å². The molecule has 0 fully saturated rings. The lowest BCUT2D eigenvalue weighted by atomic mass is 9.96. The van der Waals surface area contributed by atoms with E-state index < -0.39 is 0 Å². The van der Waals surface area contributed by atoms with Crippen LogP contribution in [0.3, 0.4) is 0 Å². The van der Waals surface area contributed by atoms with Crippen molar-refractivity contribution in [3.63, 3.8) is 0 Å². The first-order valence-electron chi connectivity index (χ1n) is 5.52. The summed E-state index contributed by atoms with van der Waals surface area (Å²) in [6.07, 6.45) is -0.0337. The van der Waals surface area contributed by atoms with Crippen LogP contribution < -0.4 is 0 Å². The number of benzene rings is 2. The summed E-state index contributed by atoms with van der Waals surface area (Å²) in [5.41, 5.74) is 3.01. The van der Waals surface area contributed by atoms with Crippen molar-refractivity contribution in [3.05, 3.63) is 59.7 Å². The number of carbonyl (C=O) groups excluding carboxylic acids is 2.